The topological polar surface area (TPSA) is 63.7 Å². The van der Waals surface area contributed by atoms with Crippen LogP contribution in [-0.2, 0) is 20.9 Å². The zero-order valence-electron chi connectivity index (χ0n) is 16.4. The Hall–Kier alpha value is -2.92. The van der Waals surface area contributed by atoms with Gasteiger partial charge in [-0.2, -0.15) is 0 Å². The van der Waals surface area contributed by atoms with Crippen LogP contribution in [0.5, 0.6) is 0 Å². The number of rotatable bonds is 4. The normalized spacial score (nSPS) is 26.7. The molecule has 5 nitrogen and oxygen atoms in total. The first-order chi connectivity index (χ1) is 14.4. The van der Waals surface area contributed by atoms with Crippen LogP contribution in [0.2, 0.25) is 5.02 Å². The number of amides is 2. The largest absolute Gasteiger partial charge is 0.457 e. The summed E-state index contributed by atoms with van der Waals surface area (Å²) in [6.07, 6.45) is 3.06. The van der Waals surface area contributed by atoms with Crippen LogP contribution in [0.25, 0.3) is 0 Å². The minimum Gasteiger partial charge on any atom is -0.457 e. The van der Waals surface area contributed by atoms with Crippen molar-refractivity contribution in [3.05, 3.63) is 76.3 Å². The fraction of sp³-hybridized carbons (Fsp3) is 0.292. The SMILES string of the molecule is CC1=C[C@H]2C[C@@H]1[C@H]1C(=O)N(c3ccc(C(=O)OCc4cccc(Cl)c4)cc3)C(=O)[C@@H]12. The quantitative estimate of drug-likeness (QED) is 0.417. The molecule has 6 heteroatoms. The highest BCUT2D eigenvalue weighted by molar-refractivity contribution is 6.30. The van der Waals surface area contributed by atoms with Crippen LogP contribution in [-0.4, -0.2) is 17.8 Å². The predicted molar refractivity (Wildman–Crippen MR) is 112 cm³/mol. The van der Waals surface area contributed by atoms with Crippen molar-refractivity contribution in [3.63, 3.8) is 0 Å². The lowest BCUT2D eigenvalue weighted by atomic mass is 9.82. The molecule has 0 aromatic heterocycles. The Morgan fingerprint density at radius 3 is 2.57 bits per heavy atom. The van der Waals surface area contributed by atoms with Crippen molar-refractivity contribution in [1.82, 2.24) is 0 Å². The Balaban J connectivity index is 1.29. The van der Waals surface area contributed by atoms with Gasteiger partial charge in [-0.05, 0) is 67.1 Å². The summed E-state index contributed by atoms with van der Waals surface area (Å²) < 4.78 is 5.33. The van der Waals surface area contributed by atoms with E-state index in [-0.39, 0.29) is 42.1 Å². The first kappa shape index (κ1) is 19.1. The second-order valence-electron chi connectivity index (χ2n) is 8.23. The van der Waals surface area contributed by atoms with E-state index < -0.39 is 5.97 Å². The number of allylic oxidation sites excluding steroid dienone is 2. The maximum absolute atomic E-state index is 13.0. The van der Waals surface area contributed by atoms with Gasteiger partial charge in [0, 0.05) is 5.02 Å². The minimum atomic E-state index is -0.477. The minimum absolute atomic E-state index is 0.114. The molecular weight excluding hydrogens is 402 g/mol. The van der Waals surface area contributed by atoms with Gasteiger partial charge >= 0.3 is 5.97 Å². The Morgan fingerprint density at radius 1 is 1.10 bits per heavy atom. The molecule has 2 fully saturated rings. The van der Waals surface area contributed by atoms with Crippen molar-refractivity contribution < 1.29 is 19.1 Å². The molecule has 1 heterocycles. The zero-order valence-corrected chi connectivity index (χ0v) is 17.1. The fourth-order valence-corrected chi connectivity index (χ4v) is 5.35. The maximum Gasteiger partial charge on any atom is 0.338 e. The van der Waals surface area contributed by atoms with Crippen LogP contribution in [0.3, 0.4) is 0 Å². The van der Waals surface area contributed by atoms with E-state index in [1.54, 1.807) is 42.5 Å². The average Bonchev–Trinajstić information content (AvgIpc) is 3.37. The second kappa shape index (κ2) is 7.10. The van der Waals surface area contributed by atoms with Gasteiger partial charge in [-0.25, -0.2) is 4.79 Å². The van der Waals surface area contributed by atoms with E-state index in [4.69, 9.17) is 16.3 Å². The lowest BCUT2D eigenvalue weighted by molar-refractivity contribution is -0.123. The van der Waals surface area contributed by atoms with Crippen LogP contribution in [0.1, 0.15) is 29.3 Å². The smallest absolute Gasteiger partial charge is 0.338 e. The molecule has 0 unspecified atom stereocenters. The lowest BCUT2D eigenvalue weighted by Crippen LogP contribution is -2.32. The van der Waals surface area contributed by atoms with Gasteiger partial charge in [-0.3, -0.25) is 14.5 Å². The Bertz CT molecular complexity index is 1090. The van der Waals surface area contributed by atoms with E-state index in [0.29, 0.717) is 16.3 Å². The van der Waals surface area contributed by atoms with Crippen LogP contribution < -0.4 is 4.90 Å². The molecule has 0 N–H and O–H groups in total. The van der Waals surface area contributed by atoms with Gasteiger partial charge in [0.15, 0.2) is 0 Å². The molecule has 0 radical (unpaired) electrons. The molecule has 3 aliphatic rings. The number of halogens is 1. The molecule has 4 atom stereocenters. The number of hydrogen-bond acceptors (Lipinski definition) is 4. The van der Waals surface area contributed by atoms with Gasteiger partial charge in [-0.15, -0.1) is 0 Å². The number of fused-ring (bicyclic) bond motifs is 5. The third kappa shape index (κ3) is 2.96. The molecule has 2 amide bonds. The molecule has 2 aromatic rings. The van der Waals surface area contributed by atoms with E-state index in [9.17, 15) is 14.4 Å². The van der Waals surface area contributed by atoms with Crippen LogP contribution in [0.4, 0.5) is 5.69 Å². The molecule has 30 heavy (non-hydrogen) atoms. The predicted octanol–water partition coefficient (Wildman–Crippen LogP) is 4.40. The lowest BCUT2D eigenvalue weighted by Gasteiger charge is -2.19. The Kier molecular flexibility index (Phi) is 4.51. The van der Waals surface area contributed by atoms with Gasteiger partial charge in [0.25, 0.3) is 0 Å². The summed E-state index contributed by atoms with van der Waals surface area (Å²) in [6.45, 7) is 2.16. The number of benzene rings is 2. The molecule has 1 aliphatic heterocycles. The molecule has 1 saturated carbocycles. The second-order valence-corrected chi connectivity index (χ2v) is 8.67. The van der Waals surface area contributed by atoms with E-state index in [0.717, 1.165) is 12.0 Å². The number of esters is 1. The molecule has 2 bridgehead atoms. The summed E-state index contributed by atoms with van der Waals surface area (Å²) in [5.74, 6) is -0.859. The number of nitrogens with zero attached hydrogens (tertiary/aromatic N) is 1. The Morgan fingerprint density at radius 2 is 1.83 bits per heavy atom. The van der Waals surface area contributed by atoms with Gasteiger partial charge in [-0.1, -0.05) is 35.4 Å². The number of hydrogen-bond donors (Lipinski definition) is 0. The van der Waals surface area contributed by atoms with E-state index in [2.05, 4.69) is 6.08 Å². The molecule has 2 aromatic carbocycles. The van der Waals surface area contributed by atoms with Crippen molar-refractivity contribution in [3.8, 4) is 0 Å². The summed E-state index contributed by atoms with van der Waals surface area (Å²) in [5.41, 5.74) is 2.88. The third-order valence-corrected chi connectivity index (χ3v) is 6.74. The van der Waals surface area contributed by atoms with Crippen LogP contribution in [0, 0.1) is 23.7 Å². The summed E-state index contributed by atoms with van der Waals surface area (Å²) in [7, 11) is 0. The van der Waals surface area contributed by atoms with Crippen molar-refractivity contribution in [2.45, 2.75) is 20.0 Å². The third-order valence-electron chi connectivity index (χ3n) is 6.50. The van der Waals surface area contributed by atoms with E-state index in [1.807, 2.05) is 13.0 Å². The van der Waals surface area contributed by atoms with Crippen LogP contribution in [0.15, 0.2) is 60.2 Å². The van der Waals surface area contributed by atoms with Gasteiger partial charge in [0.2, 0.25) is 11.8 Å². The zero-order chi connectivity index (χ0) is 21.0. The fourth-order valence-electron chi connectivity index (χ4n) is 5.13. The number of imide groups is 1. The summed E-state index contributed by atoms with van der Waals surface area (Å²) in [5, 5.41) is 0.580. The molecule has 0 spiro atoms. The van der Waals surface area contributed by atoms with Gasteiger partial charge in [0.1, 0.15) is 6.61 Å². The molecule has 1 saturated heterocycles. The van der Waals surface area contributed by atoms with Crippen molar-refractivity contribution in [2.24, 2.45) is 23.7 Å². The number of carbonyl (C=O) groups is 3. The highest BCUT2D eigenvalue weighted by Gasteiger charge is 2.60. The van der Waals surface area contributed by atoms with Crippen LogP contribution >= 0.6 is 11.6 Å². The number of ether oxygens (including phenoxy) is 1. The molecular formula is C24H20ClNO4. The maximum atomic E-state index is 13.0. The summed E-state index contributed by atoms with van der Waals surface area (Å²) >= 11 is 5.94. The summed E-state index contributed by atoms with van der Waals surface area (Å²) in [4.78, 5) is 39.6. The highest BCUT2D eigenvalue weighted by Crippen LogP contribution is 2.55. The monoisotopic (exact) mass is 421 g/mol. The Labute approximate surface area is 179 Å². The van der Waals surface area contributed by atoms with Crippen molar-refractivity contribution in [2.75, 3.05) is 4.90 Å². The van der Waals surface area contributed by atoms with E-state index in [1.165, 1.54) is 10.5 Å². The molecule has 5 rings (SSSR count). The van der Waals surface area contributed by atoms with Gasteiger partial charge < -0.3 is 4.74 Å². The first-order valence-corrected chi connectivity index (χ1v) is 10.4. The van der Waals surface area contributed by atoms with Crippen molar-refractivity contribution >= 4 is 35.1 Å². The molecule has 152 valence electrons. The van der Waals surface area contributed by atoms with Gasteiger partial charge in [0.05, 0.1) is 23.1 Å². The standard InChI is InChI=1S/C24H20ClNO4/c1-13-9-16-11-19(13)21-20(16)22(27)26(23(21)28)18-7-5-15(6-8-18)24(29)30-12-14-3-2-4-17(25)10-14/h2-10,16,19-21H,11-12H2,1H3/t16-,19-,20+,21+/m0/s1. The highest BCUT2D eigenvalue weighted by atomic mass is 35.5. The van der Waals surface area contributed by atoms with Crippen molar-refractivity contribution in [1.29, 1.82) is 0 Å². The molecule has 2 aliphatic carbocycles. The summed E-state index contributed by atoms with van der Waals surface area (Å²) in [6, 6.07) is 13.6. The number of carbonyl (C=O) groups excluding carboxylic acids is 3. The van der Waals surface area contributed by atoms with E-state index >= 15 is 0 Å². The first-order valence-electron chi connectivity index (χ1n) is 10.0. The number of anilines is 1. The average molecular weight is 422 g/mol.